The molecule has 0 heterocycles. The number of carbonyl (C=O) groups excluding carboxylic acids is 1. The summed E-state index contributed by atoms with van der Waals surface area (Å²) in [4.78, 5) is 11.3. The van der Waals surface area contributed by atoms with Gasteiger partial charge in [-0.2, -0.15) is 4.72 Å². The molecule has 2 atom stereocenters. The third kappa shape index (κ3) is 4.02. The van der Waals surface area contributed by atoms with Crippen LogP contribution in [0.3, 0.4) is 0 Å². The Morgan fingerprint density at radius 1 is 1.37 bits per heavy atom. The van der Waals surface area contributed by atoms with Crippen LogP contribution in [0.1, 0.15) is 25.5 Å². The Hall–Kier alpha value is -1.44. The average molecular weight is 286 g/mol. The van der Waals surface area contributed by atoms with Crippen LogP contribution in [0.25, 0.3) is 0 Å². The lowest BCUT2D eigenvalue weighted by atomic mass is 10.1. The highest BCUT2D eigenvalue weighted by molar-refractivity contribution is 7.89. The van der Waals surface area contributed by atoms with E-state index in [0.29, 0.717) is 5.56 Å². The van der Waals surface area contributed by atoms with E-state index in [1.165, 1.54) is 26.2 Å². The normalized spacial score (nSPS) is 14.7. The Labute approximate surface area is 113 Å². The number of benzene rings is 1. The Morgan fingerprint density at radius 2 is 2.00 bits per heavy atom. The molecule has 0 aliphatic carbocycles. The van der Waals surface area contributed by atoms with E-state index < -0.39 is 22.0 Å². The lowest BCUT2D eigenvalue weighted by molar-refractivity contribution is -0.142. The second kappa shape index (κ2) is 6.14. The number of hydrogen-bond donors (Lipinski definition) is 2. The molecule has 2 unspecified atom stereocenters. The monoisotopic (exact) mass is 286 g/mol. The minimum absolute atomic E-state index is 0.0676. The van der Waals surface area contributed by atoms with Crippen molar-refractivity contribution in [3.63, 3.8) is 0 Å². The van der Waals surface area contributed by atoms with Crippen molar-refractivity contribution in [1.29, 1.82) is 0 Å². The molecule has 7 heteroatoms. The van der Waals surface area contributed by atoms with Crippen molar-refractivity contribution in [2.24, 2.45) is 5.73 Å². The fraction of sp³-hybridized carbons (Fsp3) is 0.417. The van der Waals surface area contributed by atoms with Crippen LogP contribution in [0.5, 0.6) is 0 Å². The first-order valence-corrected chi connectivity index (χ1v) is 7.22. The van der Waals surface area contributed by atoms with Crippen LogP contribution in [0, 0.1) is 0 Å². The van der Waals surface area contributed by atoms with Gasteiger partial charge in [0.1, 0.15) is 6.04 Å². The number of sulfonamides is 1. The van der Waals surface area contributed by atoms with Gasteiger partial charge in [-0.25, -0.2) is 8.42 Å². The molecule has 19 heavy (non-hydrogen) atoms. The zero-order chi connectivity index (χ0) is 14.6. The topological polar surface area (TPSA) is 98.5 Å². The van der Waals surface area contributed by atoms with Gasteiger partial charge in [-0.05, 0) is 31.5 Å². The lowest BCUT2D eigenvalue weighted by Gasteiger charge is -2.13. The minimum Gasteiger partial charge on any atom is -0.468 e. The quantitative estimate of drug-likeness (QED) is 0.770. The molecule has 1 rings (SSSR count). The Morgan fingerprint density at radius 3 is 2.53 bits per heavy atom. The maximum atomic E-state index is 12.1. The van der Waals surface area contributed by atoms with Crippen molar-refractivity contribution in [1.82, 2.24) is 4.72 Å². The van der Waals surface area contributed by atoms with E-state index in [9.17, 15) is 13.2 Å². The molecular formula is C12H18N2O4S. The van der Waals surface area contributed by atoms with Gasteiger partial charge in [0.2, 0.25) is 10.0 Å². The Balaban J connectivity index is 3.01. The summed E-state index contributed by atoms with van der Waals surface area (Å²) >= 11 is 0. The van der Waals surface area contributed by atoms with Crippen molar-refractivity contribution in [3.05, 3.63) is 29.8 Å². The molecule has 1 aromatic rings. The van der Waals surface area contributed by atoms with E-state index in [-0.39, 0.29) is 10.9 Å². The number of ether oxygens (including phenoxy) is 1. The molecule has 6 nitrogen and oxygen atoms in total. The maximum Gasteiger partial charge on any atom is 0.323 e. The van der Waals surface area contributed by atoms with Crippen molar-refractivity contribution < 1.29 is 17.9 Å². The summed E-state index contributed by atoms with van der Waals surface area (Å²) in [6.45, 7) is 3.18. The SMILES string of the molecule is COC(=O)C(C)NS(=O)(=O)c1cccc(C(C)N)c1. The average Bonchev–Trinajstić information content (AvgIpc) is 2.37. The Kier molecular flexibility index (Phi) is 5.04. The molecule has 0 aliphatic heterocycles. The molecule has 1 aromatic carbocycles. The summed E-state index contributed by atoms with van der Waals surface area (Å²) in [6.07, 6.45) is 0. The van der Waals surface area contributed by atoms with Gasteiger partial charge in [-0.3, -0.25) is 4.79 Å². The largest absolute Gasteiger partial charge is 0.468 e. The van der Waals surface area contributed by atoms with Crippen LogP contribution in [0.2, 0.25) is 0 Å². The maximum absolute atomic E-state index is 12.1. The highest BCUT2D eigenvalue weighted by atomic mass is 32.2. The molecule has 0 radical (unpaired) electrons. The number of carbonyl (C=O) groups is 1. The van der Waals surface area contributed by atoms with Gasteiger partial charge in [-0.1, -0.05) is 12.1 Å². The smallest absolute Gasteiger partial charge is 0.323 e. The summed E-state index contributed by atoms with van der Waals surface area (Å²) in [5, 5.41) is 0. The summed E-state index contributed by atoms with van der Waals surface area (Å²) < 4.78 is 30.9. The second-order valence-corrected chi connectivity index (χ2v) is 5.94. The highest BCUT2D eigenvalue weighted by Gasteiger charge is 2.22. The highest BCUT2D eigenvalue weighted by Crippen LogP contribution is 2.16. The van der Waals surface area contributed by atoms with E-state index in [0.717, 1.165) is 0 Å². The van der Waals surface area contributed by atoms with Crippen LogP contribution in [0.15, 0.2) is 29.2 Å². The summed E-state index contributed by atoms with van der Waals surface area (Å²) in [5.41, 5.74) is 6.41. The molecule has 0 saturated carbocycles. The standard InChI is InChI=1S/C12H18N2O4S/c1-8(13)10-5-4-6-11(7-10)19(16,17)14-9(2)12(15)18-3/h4-9,14H,13H2,1-3H3. The fourth-order valence-electron chi connectivity index (χ4n) is 1.49. The first-order chi connectivity index (χ1) is 8.77. The zero-order valence-corrected chi connectivity index (χ0v) is 11.9. The molecular weight excluding hydrogens is 268 g/mol. The van der Waals surface area contributed by atoms with Crippen LogP contribution in [-0.4, -0.2) is 27.5 Å². The molecule has 0 aromatic heterocycles. The third-order valence-electron chi connectivity index (χ3n) is 2.58. The molecule has 3 N–H and O–H groups in total. The zero-order valence-electron chi connectivity index (χ0n) is 11.1. The number of esters is 1. The molecule has 0 aliphatic rings. The minimum atomic E-state index is -3.78. The van der Waals surface area contributed by atoms with Gasteiger partial charge in [0.05, 0.1) is 12.0 Å². The molecule has 0 spiro atoms. The number of nitrogens with two attached hydrogens (primary N) is 1. The van der Waals surface area contributed by atoms with Crippen molar-refractivity contribution in [3.8, 4) is 0 Å². The van der Waals surface area contributed by atoms with E-state index in [2.05, 4.69) is 9.46 Å². The number of hydrogen-bond acceptors (Lipinski definition) is 5. The van der Waals surface area contributed by atoms with Gasteiger partial charge in [0, 0.05) is 6.04 Å². The van der Waals surface area contributed by atoms with E-state index >= 15 is 0 Å². The molecule has 0 saturated heterocycles. The van der Waals surface area contributed by atoms with Gasteiger partial charge >= 0.3 is 5.97 Å². The van der Waals surface area contributed by atoms with Gasteiger partial charge in [0.15, 0.2) is 0 Å². The van der Waals surface area contributed by atoms with E-state index in [1.807, 2.05) is 0 Å². The van der Waals surface area contributed by atoms with Gasteiger partial charge < -0.3 is 10.5 Å². The fourth-order valence-corrected chi connectivity index (χ4v) is 2.74. The van der Waals surface area contributed by atoms with Crippen LogP contribution < -0.4 is 10.5 Å². The lowest BCUT2D eigenvalue weighted by Crippen LogP contribution is -2.39. The molecule has 106 valence electrons. The summed E-state index contributed by atoms with van der Waals surface area (Å²) in [6, 6.07) is 5.06. The van der Waals surface area contributed by atoms with Crippen molar-refractivity contribution in [2.45, 2.75) is 30.8 Å². The van der Waals surface area contributed by atoms with Crippen molar-refractivity contribution >= 4 is 16.0 Å². The first kappa shape index (κ1) is 15.6. The van der Waals surface area contributed by atoms with Gasteiger partial charge in [0.25, 0.3) is 0 Å². The molecule has 0 bridgehead atoms. The van der Waals surface area contributed by atoms with Crippen LogP contribution >= 0.6 is 0 Å². The van der Waals surface area contributed by atoms with Gasteiger partial charge in [-0.15, -0.1) is 0 Å². The van der Waals surface area contributed by atoms with Crippen molar-refractivity contribution in [2.75, 3.05) is 7.11 Å². The molecule has 0 fully saturated rings. The van der Waals surface area contributed by atoms with E-state index in [4.69, 9.17) is 5.73 Å². The summed E-state index contributed by atoms with van der Waals surface area (Å²) in [5.74, 6) is -0.646. The van der Waals surface area contributed by atoms with Crippen LogP contribution in [0.4, 0.5) is 0 Å². The van der Waals surface area contributed by atoms with E-state index in [1.54, 1.807) is 19.1 Å². The second-order valence-electron chi connectivity index (χ2n) is 4.23. The Bertz CT molecular complexity index is 555. The van der Waals surface area contributed by atoms with Crippen LogP contribution in [-0.2, 0) is 19.6 Å². The third-order valence-corrected chi connectivity index (χ3v) is 4.12. The predicted octanol–water partition coefficient (Wildman–Crippen LogP) is 0.546. The number of rotatable bonds is 5. The first-order valence-electron chi connectivity index (χ1n) is 5.73. The number of nitrogens with one attached hydrogen (secondary N) is 1. The summed E-state index contributed by atoms with van der Waals surface area (Å²) in [7, 11) is -2.58. The number of methoxy groups -OCH3 is 1. The molecule has 0 amide bonds. The predicted molar refractivity (Wildman–Crippen MR) is 70.8 cm³/mol.